The van der Waals surface area contributed by atoms with Gasteiger partial charge in [0.2, 0.25) is 0 Å². The smallest absolute Gasteiger partial charge is 0.340 e. The summed E-state index contributed by atoms with van der Waals surface area (Å²) in [5.74, 6) is -0.874. The molecule has 25 heavy (non-hydrogen) atoms. The van der Waals surface area contributed by atoms with Gasteiger partial charge in [-0.25, -0.2) is 4.79 Å². The van der Waals surface area contributed by atoms with Gasteiger partial charge in [0, 0.05) is 10.5 Å². The van der Waals surface area contributed by atoms with Gasteiger partial charge in [0.1, 0.15) is 6.33 Å². The molecule has 3 rings (SSSR count). The van der Waals surface area contributed by atoms with Crippen LogP contribution in [0.5, 0.6) is 0 Å². The van der Waals surface area contributed by atoms with Gasteiger partial charge in [-0.15, -0.1) is 16.9 Å². The molecule has 0 aliphatic heterocycles. The Morgan fingerprint density at radius 1 is 1.12 bits per heavy atom. The molecule has 0 saturated carbocycles. The van der Waals surface area contributed by atoms with Crippen LogP contribution in [0.4, 0.5) is 0 Å². The summed E-state index contributed by atoms with van der Waals surface area (Å²) in [6.45, 7) is -0.332. The van der Waals surface area contributed by atoms with E-state index >= 15 is 0 Å². The first-order chi connectivity index (χ1) is 12.2. The van der Waals surface area contributed by atoms with E-state index in [-0.39, 0.29) is 18.0 Å². The lowest BCUT2D eigenvalue weighted by Crippen LogP contribution is -2.16. The van der Waals surface area contributed by atoms with Crippen molar-refractivity contribution in [2.45, 2.75) is 4.90 Å². The molecule has 0 spiro atoms. The first-order valence-electron chi connectivity index (χ1n) is 7.36. The fourth-order valence-corrected chi connectivity index (χ4v) is 2.60. The van der Waals surface area contributed by atoms with E-state index in [1.165, 1.54) is 11.0 Å². The number of esters is 1. The number of nitrogens with zero attached hydrogens (tertiary/aromatic N) is 4. The minimum absolute atomic E-state index is 0.263. The molecule has 0 bridgehead atoms. The van der Waals surface area contributed by atoms with E-state index in [4.69, 9.17) is 4.74 Å². The van der Waals surface area contributed by atoms with Gasteiger partial charge in [0.25, 0.3) is 0 Å². The predicted molar refractivity (Wildman–Crippen MR) is 92.0 cm³/mol. The average molecular weight is 354 g/mol. The van der Waals surface area contributed by atoms with E-state index in [0.717, 1.165) is 4.90 Å². The molecule has 0 radical (unpaired) electrons. The molecular formula is C17H14N4O3S. The van der Waals surface area contributed by atoms with Gasteiger partial charge < -0.3 is 4.74 Å². The topological polar surface area (TPSA) is 87.0 Å². The lowest BCUT2D eigenvalue weighted by Gasteiger charge is -2.08. The maximum absolute atomic E-state index is 12.3. The molecule has 0 aliphatic rings. The van der Waals surface area contributed by atoms with E-state index in [1.807, 2.05) is 18.4 Å². The molecule has 0 unspecified atom stereocenters. The second-order valence-electron chi connectivity index (χ2n) is 5.00. The van der Waals surface area contributed by atoms with Gasteiger partial charge in [-0.05, 0) is 40.9 Å². The van der Waals surface area contributed by atoms with Crippen LogP contribution in [0.25, 0.3) is 5.69 Å². The van der Waals surface area contributed by atoms with Gasteiger partial charge in [-0.1, -0.05) is 24.3 Å². The number of tetrazole rings is 1. The standard InChI is InChI=1S/C17H14N4O3S/c1-25-13-8-6-12(7-9-13)16(22)10-24-17(23)14-4-2-3-5-15(14)21-11-18-19-20-21/h2-9,11H,10H2,1H3. The molecule has 8 heteroatoms. The van der Waals surface area contributed by atoms with Crippen LogP contribution in [0, 0.1) is 0 Å². The molecule has 3 aromatic rings. The first-order valence-corrected chi connectivity index (χ1v) is 8.58. The second kappa shape index (κ2) is 7.71. The molecule has 0 amide bonds. The summed E-state index contributed by atoms with van der Waals surface area (Å²) >= 11 is 1.59. The summed E-state index contributed by atoms with van der Waals surface area (Å²) in [4.78, 5) is 25.6. The molecule has 126 valence electrons. The van der Waals surface area contributed by atoms with Crippen LogP contribution in [0.1, 0.15) is 20.7 Å². The second-order valence-corrected chi connectivity index (χ2v) is 5.88. The Bertz CT molecular complexity index is 879. The first kappa shape index (κ1) is 16.8. The van der Waals surface area contributed by atoms with Crippen LogP contribution in [0.3, 0.4) is 0 Å². The van der Waals surface area contributed by atoms with Crippen molar-refractivity contribution in [3.8, 4) is 5.69 Å². The number of aromatic nitrogens is 4. The molecule has 0 fully saturated rings. The third kappa shape index (κ3) is 3.92. The Hall–Kier alpha value is -3.00. The van der Waals surface area contributed by atoms with E-state index in [1.54, 1.807) is 48.2 Å². The van der Waals surface area contributed by atoms with Gasteiger partial charge in [-0.3, -0.25) is 4.79 Å². The van der Waals surface area contributed by atoms with Crippen LogP contribution >= 0.6 is 11.8 Å². The van der Waals surface area contributed by atoms with Crippen LogP contribution in [0.15, 0.2) is 59.8 Å². The maximum atomic E-state index is 12.3. The third-order valence-corrected chi connectivity index (χ3v) is 4.21. The van der Waals surface area contributed by atoms with Crippen LogP contribution in [0.2, 0.25) is 0 Å². The highest BCUT2D eigenvalue weighted by molar-refractivity contribution is 7.98. The zero-order chi connectivity index (χ0) is 17.6. The number of rotatable bonds is 6. The number of hydrogen-bond donors (Lipinski definition) is 0. The van der Waals surface area contributed by atoms with E-state index < -0.39 is 5.97 Å². The third-order valence-electron chi connectivity index (χ3n) is 3.47. The number of ketones is 1. The number of ether oxygens (including phenoxy) is 1. The molecule has 1 aromatic heterocycles. The zero-order valence-corrected chi connectivity index (χ0v) is 14.1. The Labute approximate surface area is 148 Å². The minimum atomic E-state index is -0.611. The lowest BCUT2D eigenvalue weighted by atomic mass is 10.1. The molecule has 0 aliphatic carbocycles. The predicted octanol–water partition coefficient (Wildman–Crippen LogP) is 2.42. The van der Waals surface area contributed by atoms with E-state index in [2.05, 4.69) is 15.5 Å². The largest absolute Gasteiger partial charge is 0.454 e. The summed E-state index contributed by atoms with van der Waals surface area (Å²) in [5.41, 5.74) is 1.26. The van der Waals surface area contributed by atoms with E-state index in [9.17, 15) is 9.59 Å². The highest BCUT2D eigenvalue weighted by atomic mass is 32.2. The number of thioether (sulfide) groups is 1. The normalized spacial score (nSPS) is 10.4. The molecule has 7 nitrogen and oxygen atoms in total. The molecule has 0 atom stereocenters. The van der Waals surface area contributed by atoms with Crippen LogP contribution < -0.4 is 0 Å². The maximum Gasteiger partial charge on any atom is 0.340 e. The Balaban J connectivity index is 1.70. The summed E-state index contributed by atoms with van der Waals surface area (Å²) in [7, 11) is 0. The summed E-state index contributed by atoms with van der Waals surface area (Å²) in [6, 6.07) is 13.9. The number of carbonyl (C=O) groups is 2. The fourth-order valence-electron chi connectivity index (χ4n) is 2.19. The quantitative estimate of drug-likeness (QED) is 0.382. The minimum Gasteiger partial charge on any atom is -0.454 e. The van der Waals surface area contributed by atoms with Crippen molar-refractivity contribution in [2.24, 2.45) is 0 Å². The highest BCUT2D eigenvalue weighted by Gasteiger charge is 2.16. The molecule has 0 N–H and O–H groups in total. The number of Topliss-reactive ketones (excluding diaryl/α,β-unsaturated/α-hetero) is 1. The Morgan fingerprint density at radius 2 is 1.88 bits per heavy atom. The molecule has 2 aromatic carbocycles. The van der Waals surface area contributed by atoms with Crippen molar-refractivity contribution in [1.29, 1.82) is 0 Å². The number of benzene rings is 2. The number of hydrogen-bond acceptors (Lipinski definition) is 7. The molecule has 0 saturated heterocycles. The van der Waals surface area contributed by atoms with Crippen molar-refractivity contribution >= 4 is 23.5 Å². The monoisotopic (exact) mass is 354 g/mol. The van der Waals surface area contributed by atoms with Crippen molar-refractivity contribution in [2.75, 3.05) is 12.9 Å². The molecule has 1 heterocycles. The van der Waals surface area contributed by atoms with Crippen LogP contribution in [-0.2, 0) is 4.74 Å². The fraction of sp³-hybridized carbons (Fsp3) is 0.118. The zero-order valence-electron chi connectivity index (χ0n) is 13.3. The summed E-state index contributed by atoms with van der Waals surface area (Å²) < 4.78 is 6.52. The van der Waals surface area contributed by atoms with Crippen molar-refractivity contribution < 1.29 is 14.3 Å². The summed E-state index contributed by atoms with van der Waals surface area (Å²) in [6.07, 6.45) is 3.34. The van der Waals surface area contributed by atoms with Gasteiger partial charge in [0.05, 0.1) is 11.3 Å². The summed E-state index contributed by atoms with van der Waals surface area (Å²) in [5, 5.41) is 10.9. The average Bonchev–Trinajstić information content (AvgIpc) is 3.20. The highest BCUT2D eigenvalue weighted by Crippen LogP contribution is 2.16. The Morgan fingerprint density at radius 3 is 2.56 bits per heavy atom. The van der Waals surface area contributed by atoms with Gasteiger partial charge in [0.15, 0.2) is 12.4 Å². The number of carbonyl (C=O) groups excluding carboxylic acids is 2. The van der Waals surface area contributed by atoms with Crippen molar-refractivity contribution in [3.05, 3.63) is 66.0 Å². The van der Waals surface area contributed by atoms with Crippen LogP contribution in [-0.4, -0.2) is 44.8 Å². The van der Waals surface area contributed by atoms with Crippen molar-refractivity contribution in [3.63, 3.8) is 0 Å². The SMILES string of the molecule is CSc1ccc(C(=O)COC(=O)c2ccccc2-n2cnnn2)cc1. The van der Waals surface area contributed by atoms with Gasteiger partial charge >= 0.3 is 5.97 Å². The Kier molecular flexibility index (Phi) is 5.20. The lowest BCUT2D eigenvalue weighted by molar-refractivity contribution is 0.0474. The van der Waals surface area contributed by atoms with Gasteiger partial charge in [-0.2, -0.15) is 4.68 Å². The van der Waals surface area contributed by atoms with Crippen molar-refractivity contribution in [1.82, 2.24) is 20.2 Å². The molecular weight excluding hydrogens is 340 g/mol. The number of para-hydroxylation sites is 1. The van der Waals surface area contributed by atoms with E-state index in [0.29, 0.717) is 11.3 Å².